The molecule has 0 aromatic heterocycles. The maximum absolute atomic E-state index is 8.83. The monoisotopic (exact) mass is 277 g/mol. The zero-order valence-corrected chi connectivity index (χ0v) is 12.3. The van der Waals surface area contributed by atoms with Gasteiger partial charge < -0.3 is 21.0 Å². The van der Waals surface area contributed by atoms with Gasteiger partial charge in [0.15, 0.2) is 5.84 Å². The van der Waals surface area contributed by atoms with E-state index < -0.39 is 0 Å². The van der Waals surface area contributed by atoms with E-state index in [1.165, 1.54) is 12.8 Å². The third kappa shape index (κ3) is 3.22. The normalized spacial score (nSPS) is 16.2. The van der Waals surface area contributed by atoms with Crippen LogP contribution in [0.2, 0.25) is 0 Å². The number of ether oxygens (including phenoxy) is 1. The van der Waals surface area contributed by atoms with Crippen molar-refractivity contribution < 1.29 is 9.94 Å². The van der Waals surface area contributed by atoms with Gasteiger partial charge in [0.2, 0.25) is 0 Å². The predicted octanol–water partition coefficient (Wildman–Crippen LogP) is 2.07. The summed E-state index contributed by atoms with van der Waals surface area (Å²) in [6, 6.07) is 5.72. The van der Waals surface area contributed by atoms with Gasteiger partial charge in [-0.1, -0.05) is 11.2 Å². The van der Waals surface area contributed by atoms with Crippen molar-refractivity contribution in [3.05, 3.63) is 29.3 Å². The molecule has 2 rings (SSSR count). The molecule has 0 atom stereocenters. The molecule has 0 saturated heterocycles. The molecule has 5 nitrogen and oxygen atoms in total. The molecule has 1 aromatic rings. The third-order valence-corrected chi connectivity index (χ3v) is 3.99. The molecule has 0 aliphatic heterocycles. The standard InChI is InChI=1S/C15H23N3O2/c1-15(2,11-5-6-11)17-9-10-4-7-13(20-3)12(8-10)14(16)18-19/h4,7-8,11,17,19H,5-6,9H2,1-3H3,(H2,16,18). The molecule has 20 heavy (non-hydrogen) atoms. The van der Waals surface area contributed by atoms with Gasteiger partial charge in [-0.05, 0) is 50.3 Å². The van der Waals surface area contributed by atoms with Crippen molar-refractivity contribution in [1.29, 1.82) is 0 Å². The van der Waals surface area contributed by atoms with Crippen LogP contribution in [-0.4, -0.2) is 23.7 Å². The van der Waals surface area contributed by atoms with Gasteiger partial charge in [0.05, 0.1) is 12.7 Å². The second-order valence-corrected chi connectivity index (χ2v) is 5.87. The fourth-order valence-electron chi connectivity index (χ4n) is 2.40. The molecule has 0 unspecified atom stereocenters. The molecule has 1 saturated carbocycles. The summed E-state index contributed by atoms with van der Waals surface area (Å²) in [4.78, 5) is 0. The zero-order valence-electron chi connectivity index (χ0n) is 12.3. The van der Waals surface area contributed by atoms with E-state index in [0.29, 0.717) is 11.3 Å². The molecule has 1 aromatic carbocycles. The van der Waals surface area contributed by atoms with Crippen molar-refractivity contribution in [2.24, 2.45) is 16.8 Å². The van der Waals surface area contributed by atoms with Gasteiger partial charge in [0, 0.05) is 12.1 Å². The van der Waals surface area contributed by atoms with Crippen molar-refractivity contribution in [1.82, 2.24) is 5.32 Å². The molecule has 0 radical (unpaired) electrons. The fourth-order valence-corrected chi connectivity index (χ4v) is 2.40. The van der Waals surface area contributed by atoms with Crippen molar-refractivity contribution in [3.63, 3.8) is 0 Å². The van der Waals surface area contributed by atoms with Gasteiger partial charge in [-0.15, -0.1) is 0 Å². The molecule has 0 bridgehead atoms. The van der Waals surface area contributed by atoms with Gasteiger partial charge in [-0.25, -0.2) is 0 Å². The predicted molar refractivity (Wildman–Crippen MR) is 79.1 cm³/mol. The van der Waals surface area contributed by atoms with Crippen LogP contribution in [-0.2, 0) is 6.54 Å². The first-order chi connectivity index (χ1) is 9.47. The Kier molecular flexibility index (Phi) is 4.18. The van der Waals surface area contributed by atoms with Crippen LogP contribution in [0, 0.1) is 5.92 Å². The van der Waals surface area contributed by atoms with E-state index in [-0.39, 0.29) is 11.4 Å². The van der Waals surface area contributed by atoms with E-state index in [1.807, 2.05) is 18.2 Å². The molecule has 0 amide bonds. The number of hydrogen-bond donors (Lipinski definition) is 3. The van der Waals surface area contributed by atoms with E-state index in [2.05, 4.69) is 24.3 Å². The van der Waals surface area contributed by atoms with Crippen LogP contribution in [0.1, 0.15) is 37.8 Å². The molecular weight excluding hydrogens is 254 g/mol. The Labute approximate surface area is 119 Å². The molecule has 4 N–H and O–H groups in total. The average Bonchev–Trinajstić information content (AvgIpc) is 3.29. The first-order valence-electron chi connectivity index (χ1n) is 6.87. The lowest BCUT2D eigenvalue weighted by Gasteiger charge is -2.26. The molecule has 0 spiro atoms. The minimum absolute atomic E-state index is 0.0603. The molecule has 1 aliphatic carbocycles. The van der Waals surface area contributed by atoms with E-state index in [9.17, 15) is 0 Å². The number of benzene rings is 1. The van der Waals surface area contributed by atoms with Gasteiger partial charge in [0.25, 0.3) is 0 Å². The summed E-state index contributed by atoms with van der Waals surface area (Å²) in [5.41, 5.74) is 7.52. The van der Waals surface area contributed by atoms with Crippen LogP contribution in [0.15, 0.2) is 23.4 Å². The number of oxime groups is 1. The Morgan fingerprint density at radius 3 is 2.75 bits per heavy atom. The lowest BCUT2D eigenvalue weighted by Crippen LogP contribution is -2.40. The number of rotatable bonds is 6. The second kappa shape index (κ2) is 5.71. The number of nitrogens with two attached hydrogens (primary N) is 1. The van der Waals surface area contributed by atoms with Crippen LogP contribution < -0.4 is 15.8 Å². The van der Waals surface area contributed by atoms with Gasteiger partial charge >= 0.3 is 0 Å². The summed E-state index contributed by atoms with van der Waals surface area (Å²) in [6.07, 6.45) is 2.61. The summed E-state index contributed by atoms with van der Waals surface area (Å²) in [5.74, 6) is 1.43. The average molecular weight is 277 g/mol. The third-order valence-electron chi connectivity index (χ3n) is 3.99. The topological polar surface area (TPSA) is 79.9 Å². The SMILES string of the molecule is COc1ccc(CNC(C)(C)C2CC2)cc1/C(N)=N/O. The Morgan fingerprint density at radius 2 is 2.20 bits per heavy atom. The summed E-state index contributed by atoms with van der Waals surface area (Å²) in [7, 11) is 1.57. The van der Waals surface area contributed by atoms with Crippen molar-refractivity contribution in [2.75, 3.05) is 7.11 Å². The number of nitrogens with one attached hydrogen (secondary N) is 1. The molecular formula is C15H23N3O2. The van der Waals surface area contributed by atoms with Crippen LogP contribution in [0.3, 0.4) is 0 Å². The highest BCUT2D eigenvalue weighted by molar-refractivity contribution is 5.99. The van der Waals surface area contributed by atoms with Gasteiger partial charge in [-0.2, -0.15) is 0 Å². The quantitative estimate of drug-likeness (QED) is 0.322. The molecule has 1 fully saturated rings. The summed E-state index contributed by atoms with van der Waals surface area (Å²) < 4.78 is 5.22. The summed E-state index contributed by atoms with van der Waals surface area (Å²) in [6.45, 7) is 5.22. The first kappa shape index (κ1) is 14.7. The van der Waals surface area contributed by atoms with Gasteiger partial charge in [0.1, 0.15) is 5.75 Å². The highest BCUT2D eigenvalue weighted by atomic mass is 16.5. The van der Waals surface area contributed by atoms with Crippen molar-refractivity contribution in [2.45, 2.75) is 38.8 Å². The smallest absolute Gasteiger partial charge is 0.173 e. The molecule has 110 valence electrons. The van der Waals surface area contributed by atoms with Crippen LogP contribution >= 0.6 is 0 Å². The van der Waals surface area contributed by atoms with Crippen LogP contribution in [0.4, 0.5) is 0 Å². The second-order valence-electron chi connectivity index (χ2n) is 5.87. The number of nitrogens with zero attached hydrogens (tertiary/aromatic N) is 1. The Balaban J connectivity index is 2.12. The van der Waals surface area contributed by atoms with E-state index in [0.717, 1.165) is 18.0 Å². The van der Waals surface area contributed by atoms with E-state index >= 15 is 0 Å². The number of hydrogen-bond acceptors (Lipinski definition) is 4. The maximum Gasteiger partial charge on any atom is 0.173 e. The van der Waals surface area contributed by atoms with Crippen molar-refractivity contribution >= 4 is 5.84 Å². The largest absolute Gasteiger partial charge is 0.496 e. The van der Waals surface area contributed by atoms with Gasteiger partial charge in [-0.3, -0.25) is 0 Å². The van der Waals surface area contributed by atoms with Crippen LogP contribution in [0.25, 0.3) is 0 Å². The summed E-state index contributed by atoms with van der Waals surface area (Å²) >= 11 is 0. The minimum Gasteiger partial charge on any atom is -0.496 e. The lowest BCUT2D eigenvalue weighted by molar-refractivity contribution is 0.318. The highest BCUT2D eigenvalue weighted by Gasteiger charge is 2.37. The highest BCUT2D eigenvalue weighted by Crippen LogP contribution is 2.39. The summed E-state index contributed by atoms with van der Waals surface area (Å²) in [5, 5.41) is 15.5. The van der Waals surface area contributed by atoms with E-state index in [4.69, 9.17) is 15.7 Å². The number of methoxy groups -OCH3 is 1. The number of amidine groups is 1. The van der Waals surface area contributed by atoms with Crippen molar-refractivity contribution in [3.8, 4) is 5.75 Å². The Hall–Kier alpha value is -1.75. The fraction of sp³-hybridized carbons (Fsp3) is 0.533. The molecule has 0 heterocycles. The minimum atomic E-state index is 0.0603. The Bertz CT molecular complexity index is 508. The maximum atomic E-state index is 8.83. The Morgan fingerprint density at radius 1 is 1.50 bits per heavy atom. The van der Waals surface area contributed by atoms with Crippen LogP contribution in [0.5, 0.6) is 5.75 Å². The molecule has 5 heteroatoms. The van der Waals surface area contributed by atoms with E-state index in [1.54, 1.807) is 7.11 Å². The lowest BCUT2D eigenvalue weighted by atomic mass is 9.98. The molecule has 1 aliphatic rings. The first-order valence-corrected chi connectivity index (χ1v) is 6.87. The zero-order chi connectivity index (χ0) is 14.8.